The second kappa shape index (κ2) is 9.74. The molecule has 1 amide bonds. The van der Waals surface area contributed by atoms with E-state index in [-0.39, 0.29) is 6.42 Å². The lowest BCUT2D eigenvalue weighted by Crippen LogP contribution is -2.44. The molecule has 0 saturated heterocycles. The maximum atomic E-state index is 12.0. The molecule has 0 saturated carbocycles. The molecule has 0 aliphatic rings. The molecule has 0 spiro atoms. The first kappa shape index (κ1) is 24.1. The minimum atomic E-state index is -4.45. The topological polar surface area (TPSA) is 111 Å². The number of hydrogen-bond donors (Lipinski definition) is 1. The standard InChI is InChI=1S/C14H23F3N2O6S/c1-13(2,3)25-12(21)19-10(11(20)24-4)6-8-18-26(22,23)9-5-7-14(15,16)17/h8,10H,5-7,9H2,1-4H3,(H,19,21)/b18-8+/t10-/m0/s1. The van der Waals surface area contributed by atoms with Crippen LogP contribution in [0.5, 0.6) is 0 Å². The van der Waals surface area contributed by atoms with Gasteiger partial charge in [-0.25, -0.2) is 18.0 Å². The van der Waals surface area contributed by atoms with Crippen LogP contribution in [-0.4, -0.2) is 57.4 Å². The van der Waals surface area contributed by atoms with Gasteiger partial charge in [-0.3, -0.25) is 0 Å². The van der Waals surface area contributed by atoms with Gasteiger partial charge in [-0.15, -0.1) is 0 Å². The largest absolute Gasteiger partial charge is 0.467 e. The molecular formula is C14H23F3N2O6S. The van der Waals surface area contributed by atoms with Crippen molar-refractivity contribution in [2.24, 2.45) is 4.40 Å². The zero-order valence-corrected chi connectivity index (χ0v) is 15.7. The fraction of sp³-hybridized carbons (Fsp3) is 0.786. The number of methoxy groups -OCH3 is 1. The number of hydrogen-bond acceptors (Lipinski definition) is 6. The molecule has 0 aromatic rings. The first-order chi connectivity index (χ1) is 11.7. The number of rotatable bonds is 8. The average molecular weight is 404 g/mol. The minimum absolute atomic E-state index is 0.343. The highest BCUT2D eigenvalue weighted by Crippen LogP contribution is 2.21. The molecular weight excluding hydrogens is 381 g/mol. The number of amides is 1. The smallest absolute Gasteiger partial charge is 0.408 e. The Hall–Kier alpha value is -1.85. The maximum absolute atomic E-state index is 12.0. The van der Waals surface area contributed by atoms with Crippen LogP contribution in [0.15, 0.2) is 4.40 Å². The summed E-state index contributed by atoms with van der Waals surface area (Å²) in [6, 6.07) is -1.26. The maximum Gasteiger partial charge on any atom is 0.408 e. The molecule has 152 valence electrons. The van der Waals surface area contributed by atoms with Crippen LogP contribution < -0.4 is 5.32 Å². The van der Waals surface area contributed by atoms with Crippen molar-refractivity contribution in [1.82, 2.24) is 5.32 Å². The van der Waals surface area contributed by atoms with Gasteiger partial charge >= 0.3 is 18.2 Å². The van der Waals surface area contributed by atoms with E-state index in [2.05, 4.69) is 14.5 Å². The van der Waals surface area contributed by atoms with Gasteiger partial charge in [0.25, 0.3) is 10.0 Å². The Labute approximate surface area is 150 Å². The zero-order valence-electron chi connectivity index (χ0n) is 14.9. The Bertz CT molecular complexity index is 611. The molecule has 8 nitrogen and oxygen atoms in total. The second-order valence-corrected chi connectivity index (χ2v) is 8.03. The molecule has 0 aromatic heterocycles. The number of esters is 1. The van der Waals surface area contributed by atoms with Crippen LogP contribution in [0.1, 0.15) is 40.0 Å². The fourth-order valence-electron chi connectivity index (χ4n) is 1.58. The van der Waals surface area contributed by atoms with Gasteiger partial charge in [0.1, 0.15) is 11.6 Å². The summed E-state index contributed by atoms with van der Waals surface area (Å²) in [5.74, 6) is -1.65. The summed E-state index contributed by atoms with van der Waals surface area (Å²) in [6.45, 7) is 4.82. The summed E-state index contributed by atoms with van der Waals surface area (Å²) < 4.78 is 71.8. The Kier molecular flexibility index (Phi) is 9.05. The van der Waals surface area contributed by atoms with E-state index in [0.717, 1.165) is 13.3 Å². The van der Waals surface area contributed by atoms with Crippen molar-refractivity contribution in [3.63, 3.8) is 0 Å². The van der Waals surface area contributed by atoms with Gasteiger partial charge in [-0.05, 0) is 27.2 Å². The van der Waals surface area contributed by atoms with Crippen molar-refractivity contribution >= 4 is 28.3 Å². The molecule has 1 atom stereocenters. The summed E-state index contributed by atoms with van der Waals surface area (Å²) in [4.78, 5) is 23.3. The van der Waals surface area contributed by atoms with E-state index in [1.165, 1.54) is 0 Å². The molecule has 0 unspecified atom stereocenters. The number of carbonyl (C=O) groups is 2. The third kappa shape index (κ3) is 12.5. The molecule has 1 N–H and O–H groups in total. The summed E-state index contributed by atoms with van der Waals surface area (Å²) in [5.41, 5.74) is -0.819. The van der Waals surface area contributed by atoms with Crippen LogP contribution in [0.2, 0.25) is 0 Å². The van der Waals surface area contributed by atoms with Crippen LogP contribution >= 0.6 is 0 Å². The van der Waals surface area contributed by atoms with Gasteiger partial charge < -0.3 is 14.8 Å². The highest BCUT2D eigenvalue weighted by molar-refractivity contribution is 7.90. The zero-order chi connectivity index (χ0) is 20.6. The van der Waals surface area contributed by atoms with Crippen molar-refractivity contribution in [2.75, 3.05) is 12.9 Å². The van der Waals surface area contributed by atoms with Crippen LogP contribution in [0.25, 0.3) is 0 Å². The lowest BCUT2D eigenvalue weighted by atomic mass is 10.2. The second-order valence-electron chi connectivity index (χ2n) is 6.25. The van der Waals surface area contributed by atoms with E-state index in [4.69, 9.17) is 4.74 Å². The highest BCUT2D eigenvalue weighted by Gasteiger charge is 2.27. The normalized spacial score (nSPS) is 14.1. The number of alkyl carbamates (subject to hydrolysis) is 1. The summed E-state index contributed by atoms with van der Waals surface area (Å²) in [6.07, 6.45) is -6.76. The van der Waals surface area contributed by atoms with Gasteiger partial charge in [0.15, 0.2) is 0 Å². The van der Waals surface area contributed by atoms with E-state index in [1.54, 1.807) is 20.8 Å². The number of ether oxygens (including phenoxy) is 2. The predicted molar refractivity (Wildman–Crippen MR) is 87.4 cm³/mol. The van der Waals surface area contributed by atoms with E-state index < -0.39 is 58.5 Å². The third-order valence-corrected chi connectivity index (χ3v) is 3.89. The molecule has 12 heteroatoms. The van der Waals surface area contributed by atoms with Crippen molar-refractivity contribution < 1.29 is 40.7 Å². The Morgan fingerprint density at radius 1 is 1.23 bits per heavy atom. The predicted octanol–water partition coefficient (Wildman–Crippen LogP) is 2.19. The third-order valence-electron chi connectivity index (χ3n) is 2.62. The van der Waals surface area contributed by atoms with Gasteiger partial charge in [-0.2, -0.15) is 17.6 Å². The fourth-order valence-corrected chi connectivity index (χ4v) is 2.50. The first-order valence-corrected chi connectivity index (χ1v) is 9.17. The summed E-state index contributed by atoms with van der Waals surface area (Å²) >= 11 is 0. The summed E-state index contributed by atoms with van der Waals surface area (Å²) in [7, 11) is -3.05. The van der Waals surface area contributed by atoms with Crippen molar-refractivity contribution in [1.29, 1.82) is 0 Å². The van der Waals surface area contributed by atoms with Crippen molar-refractivity contribution in [3.8, 4) is 0 Å². The number of carbonyl (C=O) groups excluding carboxylic acids is 2. The molecule has 0 heterocycles. The van der Waals surface area contributed by atoms with Gasteiger partial charge in [-0.1, -0.05) is 0 Å². The van der Waals surface area contributed by atoms with Crippen LogP contribution in [0, 0.1) is 0 Å². The monoisotopic (exact) mass is 404 g/mol. The number of alkyl halides is 3. The first-order valence-electron chi connectivity index (χ1n) is 7.56. The molecule has 0 aliphatic carbocycles. The van der Waals surface area contributed by atoms with Crippen LogP contribution in [0.3, 0.4) is 0 Å². The number of halogens is 3. The summed E-state index contributed by atoms with van der Waals surface area (Å²) in [5, 5.41) is 2.20. The molecule has 0 fully saturated rings. The Balaban J connectivity index is 4.75. The van der Waals surface area contributed by atoms with Gasteiger partial charge in [0.05, 0.1) is 12.9 Å². The SMILES string of the molecule is COC(=O)[C@H](C/C=N/S(=O)(=O)CCCC(F)(F)F)NC(=O)OC(C)(C)C. The van der Waals surface area contributed by atoms with Crippen LogP contribution in [0.4, 0.5) is 18.0 Å². The number of sulfonamides is 1. The molecule has 0 aromatic carbocycles. The lowest BCUT2D eigenvalue weighted by Gasteiger charge is -2.22. The number of nitrogens with zero attached hydrogens (tertiary/aromatic N) is 1. The van der Waals surface area contributed by atoms with E-state index in [9.17, 15) is 31.2 Å². The van der Waals surface area contributed by atoms with Crippen molar-refractivity contribution in [3.05, 3.63) is 0 Å². The van der Waals surface area contributed by atoms with Crippen LogP contribution in [-0.2, 0) is 24.3 Å². The van der Waals surface area contributed by atoms with E-state index >= 15 is 0 Å². The molecule has 0 bridgehead atoms. The molecule has 0 radical (unpaired) electrons. The Morgan fingerprint density at radius 3 is 2.27 bits per heavy atom. The molecule has 0 rings (SSSR count). The highest BCUT2D eigenvalue weighted by atomic mass is 32.2. The number of nitrogens with one attached hydrogen (secondary N) is 1. The lowest BCUT2D eigenvalue weighted by molar-refractivity contribution is -0.143. The van der Waals surface area contributed by atoms with Crippen molar-refractivity contribution in [2.45, 2.75) is 57.9 Å². The van der Waals surface area contributed by atoms with E-state index in [0.29, 0.717) is 0 Å². The quantitative estimate of drug-likeness (QED) is 0.490. The average Bonchev–Trinajstić information content (AvgIpc) is 2.41. The van der Waals surface area contributed by atoms with Gasteiger partial charge in [0, 0.05) is 19.1 Å². The minimum Gasteiger partial charge on any atom is -0.467 e. The molecule has 26 heavy (non-hydrogen) atoms. The van der Waals surface area contributed by atoms with E-state index in [1.807, 2.05) is 0 Å². The molecule has 0 aliphatic heterocycles. The Morgan fingerprint density at radius 2 is 1.81 bits per heavy atom. The van der Waals surface area contributed by atoms with Gasteiger partial charge in [0.2, 0.25) is 0 Å².